The molecule has 1 aromatic carbocycles. The van der Waals surface area contributed by atoms with Gasteiger partial charge in [-0.05, 0) is 37.0 Å². The summed E-state index contributed by atoms with van der Waals surface area (Å²) in [4.78, 5) is 25.5. The Bertz CT molecular complexity index is 621. The molecule has 0 saturated carbocycles. The van der Waals surface area contributed by atoms with E-state index < -0.39 is 0 Å². The predicted molar refractivity (Wildman–Crippen MR) is 94.2 cm³/mol. The standard InChI is InChI=1S/C19H24N2O4/c1-3-13-25-17-8-6-15(7-9-17)10-11-20-18(22)16-5-4-12-21(14-16)19(23)24-2/h1,6-9,16H,4-5,10-14H2,2H3,(H,20,22)/t16-/m1/s1. The number of ether oxygens (including phenoxy) is 2. The topological polar surface area (TPSA) is 67.9 Å². The molecule has 0 aliphatic carbocycles. The molecule has 6 nitrogen and oxygen atoms in total. The fourth-order valence-electron chi connectivity index (χ4n) is 2.84. The van der Waals surface area contributed by atoms with Crippen LogP contribution in [0, 0.1) is 18.3 Å². The van der Waals surface area contributed by atoms with Crippen molar-refractivity contribution in [3.8, 4) is 18.1 Å². The Morgan fingerprint density at radius 1 is 1.36 bits per heavy atom. The van der Waals surface area contributed by atoms with Gasteiger partial charge >= 0.3 is 6.09 Å². The summed E-state index contributed by atoms with van der Waals surface area (Å²) in [7, 11) is 1.36. The fourth-order valence-corrected chi connectivity index (χ4v) is 2.84. The number of benzene rings is 1. The van der Waals surface area contributed by atoms with Gasteiger partial charge in [-0.3, -0.25) is 4.79 Å². The predicted octanol–water partition coefficient (Wildman–Crippen LogP) is 1.84. The number of methoxy groups -OCH3 is 1. The first-order valence-corrected chi connectivity index (χ1v) is 8.40. The number of hydrogen-bond acceptors (Lipinski definition) is 4. The Kier molecular flexibility index (Phi) is 7.15. The van der Waals surface area contributed by atoms with Crippen LogP contribution in [-0.2, 0) is 16.0 Å². The first kappa shape index (κ1) is 18.7. The van der Waals surface area contributed by atoms with Crippen molar-refractivity contribution in [2.75, 3.05) is 33.4 Å². The van der Waals surface area contributed by atoms with Crippen LogP contribution < -0.4 is 10.1 Å². The lowest BCUT2D eigenvalue weighted by atomic mass is 9.97. The molecule has 0 aromatic heterocycles. The van der Waals surface area contributed by atoms with Crippen LogP contribution >= 0.6 is 0 Å². The van der Waals surface area contributed by atoms with Gasteiger partial charge in [0.2, 0.25) is 5.91 Å². The number of terminal acetylenes is 1. The third-order valence-electron chi connectivity index (χ3n) is 4.18. The van der Waals surface area contributed by atoms with Gasteiger partial charge in [-0.25, -0.2) is 4.79 Å². The van der Waals surface area contributed by atoms with Crippen molar-refractivity contribution >= 4 is 12.0 Å². The Morgan fingerprint density at radius 2 is 2.12 bits per heavy atom. The molecular formula is C19H24N2O4. The zero-order valence-electron chi connectivity index (χ0n) is 14.5. The van der Waals surface area contributed by atoms with E-state index in [0.717, 1.165) is 30.6 Å². The van der Waals surface area contributed by atoms with Crippen LogP contribution in [0.4, 0.5) is 4.79 Å². The number of carbonyl (C=O) groups excluding carboxylic acids is 2. The lowest BCUT2D eigenvalue weighted by Gasteiger charge is -2.30. The highest BCUT2D eigenvalue weighted by Crippen LogP contribution is 2.17. The smallest absolute Gasteiger partial charge is 0.409 e. The van der Waals surface area contributed by atoms with Crippen molar-refractivity contribution < 1.29 is 19.1 Å². The van der Waals surface area contributed by atoms with E-state index in [-0.39, 0.29) is 24.5 Å². The molecule has 1 atom stereocenters. The van der Waals surface area contributed by atoms with Gasteiger partial charge < -0.3 is 19.7 Å². The molecular weight excluding hydrogens is 320 g/mol. The number of carbonyl (C=O) groups is 2. The first-order valence-electron chi connectivity index (χ1n) is 8.40. The van der Waals surface area contributed by atoms with Crippen LogP contribution in [0.2, 0.25) is 0 Å². The summed E-state index contributed by atoms with van der Waals surface area (Å²) in [5.41, 5.74) is 1.10. The monoisotopic (exact) mass is 344 g/mol. The molecule has 0 unspecified atom stereocenters. The zero-order valence-corrected chi connectivity index (χ0v) is 14.5. The molecule has 1 aliphatic rings. The van der Waals surface area contributed by atoms with E-state index in [4.69, 9.17) is 15.9 Å². The molecule has 1 aromatic rings. The van der Waals surface area contributed by atoms with E-state index in [9.17, 15) is 9.59 Å². The summed E-state index contributed by atoms with van der Waals surface area (Å²) in [6, 6.07) is 7.64. The summed E-state index contributed by atoms with van der Waals surface area (Å²) in [6.07, 6.45) is 7.12. The van der Waals surface area contributed by atoms with Gasteiger partial charge in [0.15, 0.2) is 0 Å². The average molecular weight is 344 g/mol. The van der Waals surface area contributed by atoms with E-state index in [1.165, 1.54) is 7.11 Å². The minimum atomic E-state index is -0.371. The highest BCUT2D eigenvalue weighted by molar-refractivity contribution is 5.80. The summed E-state index contributed by atoms with van der Waals surface area (Å²) in [5, 5.41) is 2.95. The quantitative estimate of drug-likeness (QED) is 0.800. The van der Waals surface area contributed by atoms with Crippen molar-refractivity contribution in [3.63, 3.8) is 0 Å². The minimum absolute atomic E-state index is 0.0115. The van der Waals surface area contributed by atoms with Crippen molar-refractivity contribution in [3.05, 3.63) is 29.8 Å². The number of nitrogens with one attached hydrogen (secondary N) is 1. The van der Waals surface area contributed by atoms with Crippen molar-refractivity contribution in [1.29, 1.82) is 0 Å². The largest absolute Gasteiger partial charge is 0.481 e. The van der Waals surface area contributed by atoms with E-state index in [2.05, 4.69) is 11.2 Å². The van der Waals surface area contributed by atoms with Crippen molar-refractivity contribution in [2.45, 2.75) is 19.3 Å². The lowest BCUT2D eigenvalue weighted by Crippen LogP contribution is -2.45. The molecule has 0 radical (unpaired) electrons. The highest BCUT2D eigenvalue weighted by atomic mass is 16.5. The molecule has 25 heavy (non-hydrogen) atoms. The van der Waals surface area contributed by atoms with E-state index in [1.807, 2.05) is 24.3 Å². The van der Waals surface area contributed by atoms with Gasteiger partial charge in [-0.15, -0.1) is 6.42 Å². The van der Waals surface area contributed by atoms with Crippen molar-refractivity contribution in [2.24, 2.45) is 5.92 Å². The second kappa shape index (κ2) is 9.58. The minimum Gasteiger partial charge on any atom is -0.481 e. The normalized spacial score (nSPS) is 16.6. The van der Waals surface area contributed by atoms with Crippen LogP contribution in [0.3, 0.4) is 0 Å². The van der Waals surface area contributed by atoms with Crippen LogP contribution in [0.1, 0.15) is 18.4 Å². The average Bonchev–Trinajstić information content (AvgIpc) is 2.66. The zero-order chi connectivity index (χ0) is 18.1. The molecule has 0 bridgehead atoms. The second-order valence-electron chi connectivity index (χ2n) is 5.93. The molecule has 6 heteroatoms. The highest BCUT2D eigenvalue weighted by Gasteiger charge is 2.28. The Hall–Kier alpha value is -2.68. The number of likely N-dealkylation sites (tertiary alicyclic amines) is 1. The molecule has 1 N–H and O–H groups in total. The maximum atomic E-state index is 12.3. The molecule has 1 heterocycles. The van der Waals surface area contributed by atoms with Crippen molar-refractivity contribution in [1.82, 2.24) is 10.2 Å². The summed E-state index contributed by atoms with van der Waals surface area (Å²) < 4.78 is 10.0. The lowest BCUT2D eigenvalue weighted by molar-refractivity contribution is -0.126. The van der Waals surface area contributed by atoms with E-state index in [0.29, 0.717) is 19.6 Å². The van der Waals surface area contributed by atoms with Gasteiger partial charge in [-0.1, -0.05) is 18.1 Å². The SMILES string of the molecule is C#CCOc1ccc(CCNC(=O)[C@@H]2CCCN(C(=O)OC)C2)cc1. The molecule has 134 valence electrons. The fraction of sp³-hybridized carbons (Fsp3) is 0.474. The van der Waals surface area contributed by atoms with Gasteiger partial charge in [0.25, 0.3) is 0 Å². The third kappa shape index (κ3) is 5.71. The Morgan fingerprint density at radius 3 is 2.80 bits per heavy atom. The Balaban J connectivity index is 1.74. The maximum absolute atomic E-state index is 12.3. The van der Waals surface area contributed by atoms with Gasteiger partial charge in [-0.2, -0.15) is 0 Å². The van der Waals surface area contributed by atoms with Crippen LogP contribution in [0.5, 0.6) is 5.75 Å². The number of nitrogens with zero attached hydrogens (tertiary/aromatic N) is 1. The molecule has 0 spiro atoms. The molecule has 2 amide bonds. The molecule has 1 fully saturated rings. The maximum Gasteiger partial charge on any atom is 0.409 e. The number of piperidine rings is 1. The third-order valence-corrected chi connectivity index (χ3v) is 4.18. The molecule has 1 saturated heterocycles. The van der Waals surface area contributed by atoms with Crippen LogP contribution in [-0.4, -0.2) is 50.3 Å². The number of rotatable bonds is 6. The van der Waals surface area contributed by atoms with Gasteiger partial charge in [0, 0.05) is 19.6 Å². The Labute approximate surface area is 148 Å². The molecule has 1 aliphatic heterocycles. The van der Waals surface area contributed by atoms with Crippen LogP contribution in [0.25, 0.3) is 0 Å². The number of amides is 2. The summed E-state index contributed by atoms with van der Waals surface area (Å²) in [6.45, 7) is 1.86. The van der Waals surface area contributed by atoms with E-state index >= 15 is 0 Å². The van der Waals surface area contributed by atoms with Crippen LogP contribution in [0.15, 0.2) is 24.3 Å². The number of hydrogen-bond donors (Lipinski definition) is 1. The van der Waals surface area contributed by atoms with Gasteiger partial charge in [0.05, 0.1) is 13.0 Å². The van der Waals surface area contributed by atoms with Gasteiger partial charge in [0.1, 0.15) is 12.4 Å². The molecule has 2 rings (SSSR count). The first-order chi connectivity index (χ1) is 12.1. The second-order valence-corrected chi connectivity index (χ2v) is 5.93. The summed E-state index contributed by atoms with van der Waals surface area (Å²) >= 11 is 0. The summed E-state index contributed by atoms with van der Waals surface area (Å²) in [5.74, 6) is 2.97. The van der Waals surface area contributed by atoms with E-state index in [1.54, 1.807) is 4.90 Å².